The van der Waals surface area contributed by atoms with Crippen molar-refractivity contribution in [3.8, 4) is 0 Å². The minimum absolute atomic E-state index is 0.648. The Morgan fingerprint density at radius 2 is 1.81 bits per heavy atom. The van der Waals surface area contributed by atoms with Gasteiger partial charge in [0.15, 0.2) is 0 Å². The molecular weight excluding hydrogens is 243 g/mol. The molecule has 86 valence electrons. The first-order chi connectivity index (χ1) is 7.75. The van der Waals surface area contributed by atoms with E-state index in [1.54, 1.807) is 0 Å². The van der Waals surface area contributed by atoms with Gasteiger partial charge >= 0.3 is 0 Å². The smallest absolute Gasteiger partial charge is 0.0825 e. The molecule has 0 spiro atoms. The number of nitrogens with zero attached hydrogens (tertiary/aromatic N) is 1. The molecular formula is C12H14Cl2N2. The number of nitrogens with one attached hydrogen (secondary N) is 1. The lowest BCUT2D eigenvalue weighted by molar-refractivity contribution is 0.533. The van der Waals surface area contributed by atoms with E-state index < -0.39 is 0 Å². The van der Waals surface area contributed by atoms with E-state index in [0.717, 1.165) is 43.7 Å². The lowest BCUT2D eigenvalue weighted by Crippen LogP contribution is -2.25. The van der Waals surface area contributed by atoms with Gasteiger partial charge in [0, 0.05) is 26.2 Å². The van der Waals surface area contributed by atoms with Gasteiger partial charge in [0.05, 0.1) is 15.7 Å². The van der Waals surface area contributed by atoms with Gasteiger partial charge in [0.1, 0.15) is 0 Å². The first-order valence-electron chi connectivity index (χ1n) is 5.65. The predicted molar refractivity (Wildman–Crippen MR) is 68.5 cm³/mol. The van der Waals surface area contributed by atoms with Crippen LogP contribution in [0.5, 0.6) is 0 Å². The molecule has 0 saturated carbocycles. The van der Waals surface area contributed by atoms with Crippen molar-refractivity contribution < 1.29 is 0 Å². The predicted octanol–water partition coefficient (Wildman–Crippen LogP) is 2.65. The fraction of sp³-hybridized carbons (Fsp3) is 0.500. The molecule has 1 aromatic rings. The molecule has 0 aliphatic carbocycles. The SMILES string of the molecule is Clc1cccc(N2CC3CNCC3C2)c1Cl. The number of hydrogen-bond acceptors (Lipinski definition) is 2. The number of halogens is 2. The first-order valence-corrected chi connectivity index (χ1v) is 6.41. The standard InChI is InChI=1S/C12H14Cl2N2/c13-10-2-1-3-11(12(10)14)16-6-8-4-15-5-9(8)7-16/h1-3,8-9,15H,4-7H2. The summed E-state index contributed by atoms with van der Waals surface area (Å²) >= 11 is 12.3. The summed E-state index contributed by atoms with van der Waals surface area (Å²) in [5.41, 5.74) is 1.09. The number of fused-ring (bicyclic) bond motifs is 1. The molecule has 2 fully saturated rings. The van der Waals surface area contributed by atoms with E-state index in [0.29, 0.717) is 10.0 Å². The fourth-order valence-corrected chi connectivity index (χ4v) is 3.20. The zero-order valence-corrected chi connectivity index (χ0v) is 10.4. The maximum absolute atomic E-state index is 6.24. The van der Waals surface area contributed by atoms with Gasteiger partial charge < -0.3 is 10.2 Å². The lowest BCUT2D eigenvalue weighted by Gasteiger charge is -2.21. The molecule has 2 nitrogen and oxygen atoms in total. The molecule has 2 atom stereocenters. The van der Waals surface area contributed by atoms with Crippen LogP contribution in [-0.2, 0) is 0 Å². The summed E-state index contributed by atoms with van der Waals surface area (Å²) in [5, 5.41) is 4.78. The zero-order valence-electron chi connectivity index (χ0n) is 8.92. The van der Waals surface area contributed by atoms with Gasteiger partial charge in [-0.1, -0.05) is 29.3 Å². The topological polar surface area (TPSA) is 15.3 Å². The van der Waals surface area contributed by atoms with Crippen LogP contribution >= 0.6 is 23.2 Å². The Hall–Kier alpha value is -0.440. The van der Waals surface area contributed by atoms with Crippen LogP contribution in [0.25, 0.3) is 0 Å². The first kappa shape index (κ1) is 10.7. The summed E-state index contributed by atoms with van der Waals surface area (Å²) in [6.45, 7) is 4.47. The van der Waals surface area contributed by atoms with Crippen molar-refractivity contribution in [3.63, 3.8) is 0 Å². The van der Waals surface area contributed by atoms with Gasteiger partial charge in [-0.2, -0.15) is 0 Å². The van der Waals surface area contributed by atoms with Crippen LogP contribution in [0.1, 0.15) is 0 Å². The molecule has 2 aliphatic rings. The Morgan fingerprint density at radius 3 is 2.50 bits per heavy atom. The van der Waals surface area contributed by atoms with Gasteiger partial charge in [0.25, 0.3) is 0 Å². The molecule has 2 aliphatic heterocycles. The fourth-order valence-electron chi connectivity index (χ4n) is 2.79. The van der Waals surface area contributed by atoms with Crippen LogP contribution in [0.15, 0.2) is 18.2 Å². The number of benzene rings is 1. The molecule has 2 unspecified atom stereocenters. The van der Waals surface area contributed by atoms with Crippen LogP contribution in [0, 0.1) is 11.8 Å². The van der Waals surface area contributed by atoms with Crippen molar-refractivity contribution in [2.75, 3.05) is 31.1 Å². The second-order valence-corrected chi connectivity index (χ2v) is 5.44. The number of hydrogen-bond donors (Lipinski definition) is 1. The minimum Gasteiger partial charge on any atom is -0.370 e. The van der Waals surface area contributed by atoms with Crippen LogP contribution < -0.4 is 10.2 Å². The van der Waals surface area contributed by atoms with Gasteiger partial charge in [-0.05, 0) is 24.0 Å². The van der Waals surface area contributed by atoms with Crippen molar-refractivity contribution in [3.05, 3.63) is 28.2 Å². The van der Waals surface area contributed by atoms with Crippen molar-refractivity contribution in [2.24, 2.45) is 11.8 Å². The van der Waals surface area contributed by atoms with E-state index in [2.05, 4.69) is 16.3 Å². The van der Waals surface area contributed by atoms with E-state index in [1.807, 2.05) is 12.1 Å². The molecule has 0 amide bonds. The van der Waals surface area contributed by atoms with Crippen molar-refractivity contribution in [1.82, 2.24) is 5.32 Å². The van der Waals surface area contributed by atoms with E-state index >= 15 is 0 Å². The van der Waals surface area contributed by atoms with Gasteiger partial charge in [0.2, 0.25) is 0 Å². The Balaban J connectivity index is 1.86. The summed E-state index contributed by atoms with van der Waals surface area (Å²) in [6, 6.07) is 5.87. The Kier molecular flexibility index (Phi) is 2.74. The Labute approximate surface area is 106 Å². The van der Waals surface area contributed by atoms with E-state index in [4.69, 9.17) is 23.2 Å². The highest BCUT2D eigenvalue weighted by molar-refractivity contribution is 6.43. The van der Waals surface area contributed by atoms with E-state index in [1.165, 1.54) is 0 Å². The molecule has 1 N–H and O–H groups in total. The highest BCUT2D eigenvalue weighted by Crippen LogP contribution is 2.37. The molecule has 16 heavy (non-hydrogen) atoms. The summed E-state index contributed by atoms with van der Waals surface area (Å²) in [6.07, 6.45) is 0. The normalized spacial score (nSPS) is 28.5. The van der Waals surface area contributed by atoms with E-state index in [9.17, 15) is 0 Å². The highest BCUT2D eigenvalue weighted by Gasteiger charge is 2.36. The monoisotopic (exact) mass is 256 g/mol. The summed E-state index contributed by atoms with van der Waals surface area (Å²) in [7, 11) is 0. The van der Waals surface area contributed by atoms with Gasteiger partial charge in [-0.15, -0.1) is 0 Å². The van der Waals surface area contributed by atoms with Gasteiger partial charge in [-0.25, -0.2) is 0 Å². The number of rotatable bonds is 1. The second-order valence-electron chi connectivity index (χ2n) is 4.66. The lowest BCUT2D eigenvalue weighted by atomic mass is 10.0. The molecule has 0 radical (unpaired) electrons. The highest BCUT2D eigenvalue weighted by atomic mass is 35.5. The largest absolute Gasteiger partial charge is 0.370 e. The third-order valence-corrected chi connectivity index (χ3v) is 4.47. The van der Waals surface area contributed by atoms with Crippen molar-refractivity contribution in [2.45, 2.75) is 0 Å². The average Bonchev–Trinajstić information content (AvgIpc) is 2.81. The molecule has 2 saturated heterocycles. The summed E-state index contributed by atoms with van der Waals surface area (Å²) in [4.78, 5) is 2.37. The molecule has 1 aromatic carbocycles. The van der Waals surface area contributed by atoms with Gasteiger partial charge in [-0.3, -0.25) is 0 Å². The van der Waals surface area contributed by atoms with Crippen LogP contribution in [-0.4, -0.2) is 26.2 Å². The Morgan fingerprint density at radius 1 is 1.12 bits per heavy atom. The molecule has 0 bridgehead atoms. The molecule has 3 rings (SSSR count). The third-order valence-electron chi connectivity index (χ3n) is 3.66. The van der Waals surface area contributed by atoms with Crippen molar-refractivity contribution >= 4 is 28.9 Å². The number of anilines is 1. The molecule has 0 aromatic heterocycles. The quantitative estimate of drug-likeness (QED) is 0.832. The minimum atomic E-state index is 0.648. The second kappa shape index (κ2) is 4.10. The Bertz CT molecular complexity index is 396. The maximum Gasteiger partial charge on any atom is 0.0825 e. The summed E-state index contributed by atoms with van der Waals surface area (Å²) < 4.78 is 0. The maximum atomic E-state index is 6.24. The average molecular weight is 257 g/mol. The third kappa shape index (κ3) is 1.69. The summed E-state index contributed by atoms with van der Waals surface area (Å²) in [5.74, 6) is 1.55. The zero-order chi connectivity index (χ0) is 11.1. The van der Waals surface area contributed by atoms with Crippen LogP contribution in [0.2, 0.25) is 10.0 Å². The van der Waals surface area contributed by atoms with E-state index in [-0.39, 0.29) is 0 Å². The van der Waals surface area contributed by atoms with Crippen LogP contribution in [0.4, 0.5) is 5.69 Å². The van der Waals surface area contributed by atoms with Crippen molar-refractivity contribution in [1.29, 1.82) is 0 Å². The molecule has 2 heterocycles. The molecule has 4 heteroatoms. The van der Waals surface area contributed by atoms with Crippen LogP contribution in [0.3, 0.4) is 0 Å².